The molecule has 1 aliphatic rings. The molecule has 0 aliphatic carbocycles. The Bertz CT molecular complexity index is 1030. The maximum atomic E-state index is 5.83. The predicted molar refractivity (Wildman–Crippen MR) is 131 cm³/mol. The van der Waals surface area contributed by atoms with Crippen molar-refractivity contribution in [2.75, 3.05) is 4.90 Å². The van der Waals surface area contributed by atoms with Crippen molar-refractivity contribution in [3.8, 4) is 0 Å². The Labute approximate surface area is 191 Å². The Morgan fingerprint density at radius 1 is 1.07 bits per heavy atom. The fraction of sp³-hybridized carbons (Fsp3) is 0.304. The van der Waals surface area contributed by atoms with Gasteiger partial charge in [-0.05, 0) is 84.4 Å². The van der Waals surface area contributed by atoms with Crippen LogP contribution < -0.4 is 10.2 Å². The van der Waals surface area contributed by atoms with Crippen LogP contribution in [0.15, 0.2) is 48.7 Å². The summed E-state index contributed by atoms with van der Waals surface area (Å²) in [5.74, 6) is 0.500. The number of nitrogens with zero attached hydrogens (tertiary/aromatic N) is 2. The highest BCUT2D eigenvalue weighted by molar-refractivity contribution is 14.1. The van der Waals surface area contributed by atoms with E-state index in [1.54, 1.807) is 0 Å². The number of aromatic amines is 1. The van der Waals surface area contributed by atoms with Crippen LogP contribution in [0.4, 0.5) is 5.69 Å². The molecule has 1 aromatic carbocycles. The molecule has 1 aliphatic heterocycles. The molecule has 0 spiro atoms. The molecule has 0 amide bonds. The number of anilines is 1. The number of rotatable bonds is 4. The maximum Gasteiger partial charge on any atom is 0.174 e. The van der Waals surface area contributed by atoms with Crippen LogP contribution in [0, 0.1) is 17.4 Å². The van der Waals surface area contributed by atoms with Crippen molar-refractivity contribution in [2.45, 2.75) is 45.7 Å². The van der Waals surface area contributed by atoms with Crippen molar-refractivity contribution < 1.29 is 0 Å². The molecule has 150 valence electrons. The zero-order chi connectivity index (χ0) is 20.7. The monoisotopic (exact) mass is 516 g/mol. The largest absolute Gasteiger partial charge is 0.362 e. The molecule has 1 fully saturated rings. The zero-order valence-electron chi connectivity index (χ0n) is 17.0. The summed E-state index contributed by atoms with van der Waals surface area (Å²) in [5, 5.41) is 4.28. The van der Waals surface area contributed by atoms with E-state index in [1.807, 2.05) is 18.3 Å². The molecule has 4 nitrogen and oxygen atoms in total. The van der Waals surface area contributed by atoms with Crippen LogP contribution in [0.25, 0.3) is 0 Å². The van der Waals surface area contributed by atoms with E-state index in [2.05, 4.69) is 101 Å². The highest BCUT2D eigenvalue weighted by atomic mass is 127. The smallest absolute Gasteiger partial charge is 0.174 e. The summed E-state index contributed by atoms with van der Waals surface area (Å²) in [7, 11) is 0. The molecule has 6 heteroatoms. The van der Waals surface area contributed by atoms with Crippen LogP contribution in [0.2, 0.25) is 0 Å². The van der Waals surface area contributed by atoms with Gasteiger partial charge in [-0.1, -0.05) is 32.0 Å². The van der Waals surface area contributed by atoms with E-state index in [-0.39, 0.29) is 12.1 Å². The van der Waals surface area contributed by atoms with Crippen molar-refractivity contribution >= 4 is 45.6 Å². The number of benzene rings is 1. The van der Waals surface area contributed by atoms with Gasteiger partial charge in [0.1, 0.15) is 0 Å². The Morgan fingerprint density at radius 2 is 1.79 bits per heavy atom. The van der Waals surface area contributed by atoms with E-state index in [0.717, 1.165) is 16.5 Å². The second-order valence-electron chi connectivity index (χ2n) is 7.85. The first-order chi connectivity index (χ1) is 13.9. The van der Waals surface area contributed by atoms with Gasteiger partial charge >= 0.3 is 0 Å². The number of thiocarbonyl (C=S) groups is 1. The molecule has 0 unspecified atom stereocenters. The summed E-state index contributed by atoms with van der Waals surface area (Å²) in [6.07, 6.45) is 1.84. The minimum atomic E-state index is -0.0177. The fourth-order valence-corrected chi connectivity index (χ4v) is 5.27. The zero-order valence-corrected chi connectivity index (χ0v) is 20.0. The van der Waals surface area contributed by atoms with Crippen molar-refractivity contribution in [2.24, 2.45) is 0 Å². The Kier molecular flexibility index (Phi) is 5.66. The quantitative estimate of drug-likeness (QED) is 0.333. The van der Waals surface area contributed by atoms with Gasteiger partial charge < -0.3 is 15.2 Å². The first-order valence-electron chi connectivity index (χ1n) is 9.83. The number of pyridine rings is 1. The van der Waals surface area contributed by atoms with Gasteiger partial charge in [0.2, 0.25) is 0 Å². The number of H-pyrrole nitrogens is 1. The van der Waals surface area contributed by atoms with Gasteiger partial charge in [0.25, 0.3) is 0 Å². The molecular weight excluding hydrogens is 491 g/mol. The number of halogens is 1. The highest BCUT2D eigenvalue weighted by Crippen LogP contribution is 2.44. The number of nitrogens with one attached hydrogen (secondary N) is 2. The first-order valence-corrected chi connectivity index (χ1v) is 11.3. The first kappa shape index (κ1) is 20.3. The average Bonchev–Trinajstić information content (AvgIpc) is 3.17. The van der Waals surface area contributed by atoms with Gasteiger partial charge in [-0.15, -0.1) is 0 Å². The number of hydrogen-bond donors (Lipinski definition) is 2. The van der Waals surface area contributed by atoms with E-state index >= 15 is 0 Å². The number of aromatic nitrogens is 2. The molecule has 4 rings (SSSR count). The summed E-state index contributed by atoms with van der Waals surface area (Å²) in [5.41, 5.74) is 7.06. The molecule has 0 saturated carbocycles. The van der Waals surface area contributed by atoms with E-state index < -0.39 is 0 Å². The lowest BCUT2D eigenvalue weighted by atomic mass is 9.96. The highest BCUT2D eigenvalue weighted by Gasteiger charge is 2.42. The van der Waals surface area contributed by atoms with Gasteiger partial charge in [0.05, 0.1) is 17.8 Å². The molecular formula is C23H25IN4S. The summed E-state index contributed by atoms with van der Waals surface area (Å²) >= 11 is 8.27. The van der Waals surface area contributed by atoms with E-state index in [0.29, 0.717) is 5.92 Å². The maximum absolute atomic E-state index is 5.83. The van der Waals surface area contributed by atoms with Crippen molar-refractivity contribution in [1.29, 1.82) is 0 Å². The lowest BCUT2D eigenvalue weighted by Crippen LogP contribution is -2.29. The van der Waals surface area contributed by atoms with Crippen molar-refractivity contribution in [3.63, 3.8) is 0 Å². The molecule has 2 N–H and O–H groups in total. The van der Waals surface area contributed by atoms with Crippen LogP contribution >= 0.6 is 34.8 Å². The van der Waals surface area contributed by atoms with Gasteiger partial charge in [-0.3, -0.25) is 4.98 Å². The topological polar surface area (TPSA) is 44.0 Å². The lowest BCUT2D eigenvalue weighted by Gasteiger charge is -2.28. The van der Waals surface area contributed by atoms with Gasteiger partial charge in [-0.25, -0.2) is 0 Å². The number of hydrogen-bond acceptors (Lipinski definition) is 2. The normalized spacial score (nSPS) is 19.1. The second kappa shape index (κ2) is 8.07. The Hall–Kier alpha value is -1.93. The van der Waals surface area contributed by atoms with Crippen molar-refractivity contribution in [3.05, 3.63) is 80.4 Å². The third kappa shape index (κ3) is 3.68. The summed E-state index contributed by atoms with van der Waals surface area (Å²) in [4.78, 5) is 10.4. The minimum absolute atomic E-state index is 0.0177. The minimum Gasteiger partial charge on any atom is -0.362 e. The SMILES string of the molecule is Cc1[nH]c(C)c([C@@H]2[C@H](c3ccccn3)NC(=S)N2c2ccc(C(C)C)cc2)c1I. The third-order valence-electron chi connectivity index (χ3n) is 5.58. The van der Waals surface area contributed by atoms with Gasteiger partial charge in [0.15, 0.2) is 5.11 Å². The second-order valence-corrected chi connectivity index (χ2v) is 9.31. The molecule has 0 bridgehead atoms. The molecule has 3 heterocycles. The molecule has 3 aromatic rings. The molecule has 0 radical (unpaired) electrons. The fourth-order valence-electron chi connectivity index (χ4n) is 4.07. The molecule has 29 heavy (non-hydrogen) atoms. The van der Waals surface area contributed by atoms with Crippen LogP contribution in [-0.2, 0) is 0 Å². The van der Waals surface area contributed by atoms with Crippen LogP contribution in [0.1, 0.15) is 60.1 Å². The molecule has 2 atom stereocenters. The molecule has 1 saturated heterocycles. The van der Waals surface area contributed by atoms with E-state index in [9.17, 15) is 0 Å². The van der Waals surface area contributed by atoms with Crippen molar-refractivity contribution in [1.82, 2.24) is 15.3 Å². The Balaban J connectivity index is 1.85. The van der Waals surface area contributed by atoms with Gasteiger partial charge in [-0.2, -0.15) is 0 Å². The Morgan fingerprint density at radius 3 is 2.34 bits per heavy atom. The average molecular weight is 516 g/mol. The van der Waals surface area contributed by atoms with E-state index in [4.69, 9.17) is 12.2 Å². The summed E-state index contributed by atoms with van der Waals surface area (Å²) in [6, 6.07) is 14.8. The van der Waals surface area contributed by atoms with Gasteiger partial charge in [0, 0.05) is 32.4 Å². The van der Waals surface area contributed by atoms with Crippen LogP contribution in [-0.4, -0.2) is 15.1 Å². The standard InChI is InChI=1S/C23H25IN4S/c1-13(2)16-8-10-17(11-9-16)28-22(19-14(3)26-15(4)20(19)24)21(27-23(28)29)18-7-5-6-12-25-18/h5-13,21-22,26H,1-4H3,(H,27,29)/t21-,22+/m0/s1. The number of aryl methyl sites for hydroxylation is 2. The van der Waals surface area contributed by atoms with E-state index in [1.165, 1.54) is 26.1 Å². The van der Waals surface area contributed by atoms with Crippen LogP contribution in [0.5, 0.6) is 0 Å². The van der Waals surface area contributed by atoms with Crippen LogP contribution in [0.3, 0.4) is 0 Å². The predicted octanol–water partition coefficient (Wildman–Crippen LogP) is 5.93. The lowest BCUT2D eigenvalue weighted by molar-refractivity contribution is 0.564. The summed E-state index contributed by atoms with van der Waals surface area (Å²) < 4.78 is 1.25. The summed E-state index contributed by atoms with van der Waals surface area (Å²) in [6.45, 7) is 8.69. The third-order valence-corrected chi connectivity index (χ3v) is 7.28. The molecule has 2 aromatic heterocycles.